The number of fused-ring (bicyclic) bond motifs is 6. The van der Waals surface area contributed by atoms with Gasteiger partial charge in [0.25, 0.3) is 5.82 Å². The summed E-state index contributed by atoms with van der Waals surface area (Å²) in [6, 6.07) is 29.2. The maximum absolute atomic E-state index is 2.60. The Morgan fingerprint density at radius 2 is 1.50 bits per heavy atom. The van der Waals surface area contributed by atoms with Crippen LogP contribution in [0.15, 0.2) is 103 Å². The number of imidazole rings is 1. The molecule has 3 nitrogen and oxygen atoms in total. The van der Waals surface area contributed by atoms with Crippen LogP contribution in [0.25, 0.3) is 50.1 Å². The summed E-state index contributed by atoms with van der Waals surface area (Å²) in [5.41, 5.74) is 13.9. The maximum Gasteiger partial charge on any atom is 0.295 e. The van der Waals surface area contributed by atoms with E-state index in [0.717, 1.165) is 12.8 Å². The van der Waals surface area contributed by atoms with Gasteiger partial charge in [-0.1, -0.05) is 72.3 Å². The highest BCUT2D eigenvalue weighted by Crippen LogP contribution is 2.48. The number of rotatable bonds is 3. The summed E-state index contributed by atoms with van der Waals surface area (Å²) in [5.74, 6) is 1.26. The highest BCUT2D eigenvalue weighted by molar-refractivity contribution is 6.11. The zero-order chi connectivity index (χ0) is 28.7. The lowest BCUT2D eigenvalue weighted by molar-refractivity contribution is -0.583. The van der Waals surface area contributed by atoms with E-state index in [-0.39, 0.29) is 5.54 Å². The number of hydrogen-bond acceptors (Lipinski definition) is 0. The summed E-state index contributed by atoms with van der Waals surface area (Å²) in [7, 11) is 0. The molecule has 4 aromatic carbocycles. The smallest absolute Gasteiger partial charge is 0.295 e. The van der Waals surface area contributed by atoms with Gasteiger partial charge in [-0.2, -0.15) is 4.57 Å². The van der Waals surface area contributed by atoms with E-state index >= 15 is 0 Å². The summed E-state index contributed by atoms with van der Waals surface area (Å²) in [6.45, 7) is 11.5. The Labute approximate surface area is 247 Å². The van der Waals surface area contributed by atoms with Crippen LogP contribution in [-0.2, 0) is 5.54 Å². The largest absolute Gasteiger partial charge is 0.309 e. The highest BCUT2D eigenvalue weighted by atomic mass is 15.2. The fourth-order valence-electron chi connectivity index (χ4n) is 7.69. The molecular weight excluding hydrogens is 510 g/mol. The lowest BCUT2D eigenvalue weighted by atomic mass is 9.91. The molecule has 0 saturated carbocycles. The number of aromatic nitrogens is 3. The van der Waals surface area contributed by atoms with E-state index in [1.165, 1.54) is 78.1 Å². The molecule has 0 atom stereocenters. The van der Waals surface area contributed by atoms with Crippen molar-refractivity contribution in [3.8, 4) is 22.8 Å². The van der Waals surface area contributed by atoms with E-state index < -0.39 is 0 Å². The van der Waals surface area contributed by atoms with Gasteiger partial charge in [-0.3, -0.25) is 0 Å². The van der Waals surface area contributed by atoms with Crippen LogP contribution < -0.4 is 4.57 Å². The third-order valence-electron chi connectivity index (χ3n) is 9.38. The fraction of sp³-hybridized carbons (Fsp3) is 0.205. The Kier molecular flexibility index (Phi) is 5.34. The fourth-order valence-corrected chi connectivity index (χ4v) is 7.69. The third kappa shape index (κ3) is 3.43. The summed E-state index contributed by atoms with van der Waals surface area (Å²) in [4.78, 5) is 0. The van der Waals surface area contributed by atoms with Crippen LogP contribution in [0.4, 0.5) is 0 Å². The molecule has 0 radical (unpaired) electrons. The number of allylic oxidation sites excluding steroid dienone is 4. The molecule has 0 bridgehead atoms. The maximum atomic E-state index is 2.60. The van der Waals surface area contributed by atoms with Crippen LogP contribution in [0.1, 0.15) is 54.6 Å². The Hall–Kier alpha value is -4.63. The van der Waals surface area contributed by atoms with Crippen molar-refractivity contribution in [3.05, 3.63) is 131 Å². The molecule has 2 aliphatic rings. The van der Waals surface area contributed by atoms with E-state index in [4.69, 9.17) is 0 Å². The van der Waals surface area contributed by atoms with Crippen LogP contribution in [0, 0.1) is 20.8 Å². The van der Waals surface area contributed by atoms with Gasteiger partial charge in [-0.15, -0.1) is 0 Å². The minimum absolute atomic E-state index is 0.240. The first-order valence-corrected chi connectivity index (χ1v) is 15.1. The molecule has 2 aromatic heterocycles. The molecule has 3 heterocycles. The van der Waals surface area contributed by atoms with Crippen LogP contribution in [0.2, 0.25) is 0 Å². The van der Waals surface area contributed by atoms with Gasteiger partial charge < -0.3 is 4.57 Å². The van der Waals surface area contributed by atoms with E-state index in [1.54, 1.807) is 0 Å². The van der Waals surface area contributed by atoms with Crippen molar-refractivity contribution in [2.75, 3.05) is 0 Å². The van der Waals surface area contributed by atoms with Crippen molar-refractivity contribution in [2.45, 2.75) is 53.0 Å². The average Bonchev–Trinajstić information content (AvgIpc) is 3.60. The van der Waals surface area contributed by atoms with Crippen LogP contribution >= 0.6 is 0 Å². The summed E-state index contributed by atoms with van der Waals surface area (Å²) in [5, 5.41) is 2.58. The van der Waals surface area contributed by atoms with Crippen molar-refractivity contribution in [2.24, 2.45) is 0 Å². The molecule has 8 rings (SSSR count). The quantitative estimate of drug-likeness (QED) is 0.196. The summed E-state index contributed by atoms with van der Waals surface area (Å²) < 4.78 is 7.52. The molecule has 3 heteroatoms. The van der Waals surface area contributed by atoms with Gasteiger partial charge in [0.05, 0.1) is 16.6 Å². The first-order valence-electron chi connectivity index (χ1n) is 15.1. The van der Waals surface area contributed by atoms with Crippen LogP contribution in [0.3, 0.4) is 0 Å². The molecule has 0 unspecified atom stereocenters. The van der Waals surface area contributed by atoms with Crippen molar-refractivity contribution in [1.82, 2.24) is 9.13 Å². The highest BCUT2D eigenvalue weighted by Gasteiger charge is 2.48. The Balaban J connectivity index is 1.50. The standard InChI is InChI=1S/C39H36N3/c1-25-20-26(2)37(27(3)21-25)40-24-36(28-14-8-6-9-15-28)42-38(40)32-22-31-30-18-12-13-19-34(30)41(29-16-10-7-11-17-29)35(31)23-33(32)39(42,4)5/h7-8,10-24H,6,9H2,1-5H3/q+1. The minimum Gasteiger partial charge on any atom is -0.309 e. The van der Waals surface area contributed by atoms with E-state index in [0.29, 0.717) is 0 Å². The zero-order valence-corrected chi connectivity index (χ0v) is 25.1. The number of hydrogen-bond donors (Lipinski definition) is 0. The van der Waals surface area contributed by atoms with E-state index in [9.17, 15) is 0 Å². The monoisotopic (exact) mass is 546 g/mol. The minimum atomic E-state index is -0.240. The second-order valence-corrected chi connectivity index (χ2v) is 12.6. The third-order valence-corrected chi connectivity index (χ3v) is 9.38. The van der Waals surface area contributed by atoms with Crippen molar-refractivity contribution in [1.29, 1.82) is 0 Å². The van der Waals surface area contributed by atoms with Gasteiger partial charge in [0.15, 0.2) is 5.69 Å². The Morgan fingerprint density at radius 3 is 2.24 bits per heavy atom. The Bertz CT molecular complexity index is 2110. The molecule has 1 aliphatic heterocycles. The first kappa shape index (κ1) is 25.1. The second kappa shape index (κ2) is 8.93. The normalized spacial score (nSPS) is 15.3. The molecule has 0 fully saturated rings. The molecule has 0 spiro atoms. The van der Waals surface area contributed by atoms with Crippen molar-refractivity contribution in [3.63, 3.8) is 0 Å². The van der Waals surface area contributed by atoms with Gasteiger partial charge in [0.1, 0.15) is 17.4 Å². The first-order chi connectivity index (χ1) is 20.3. The molecule has 0 saturated heterocycles. The van der Waals surface area contributed by atoms with Gasteiger partial charge in [0.2, 0.25) is 0 Å². The van der Waals surface area contributed by atoms with Crippen molar-refractivity contribution >= 4 is 27.4 Å². The Morgan fingerprint density at radius 1 is 0.762 bits per heavy atom. The van der Waals surface area contributed by atoms with Gasteiger partial charge in [-0.25, -0.2) is 4.57 Å². The summed E-state index contributed by atoms with van der Waals surface area (Å²) in [6.07, 6.45) is 11.6. The molecule has 206 valence electrons. The molecule has 0 N–H and O–H groups in total. The van der Waals surface area contributed by atoms with Crippen LogP contribution in [-0.4, -0.2) is 9.13 Å². The SMILES string of the molecule is Cc1cc(C)c(-[n+]2cc(C3=CCCC=C3)n3c2-c2cc4c5ccccc5n(-c5ccccc5)c4cc2C3(C)C)c(C)c1. The molecule has 0 amide bonds. The number of nitrogens with zero attached hydrogens (tertiary/aromatic N) is 3. The van der Waals surface area contributed by atoms with Gasteiger partial charge in [-0.05, 0) is 88.9 Å². The van der Waals surface area contributed by atoms with Crippen molar-refractivity contribution < 1.29 is 4.57 Å². The summed E-state index contributed by atoms with van der Waals surface area (Å²) >= 11 is 0. The average molecular weight is 547 g/mol. The second-order valence-electron chi connectivity index (χ2n) is 12.6. The lowest BCUT2D eigenvalue weighted by Crippen LogP contribution is -2.34. The number of aryl methyl sites for hydroxylation is 3. The van der Waals surface area contributed by atoms with Gasteiger partial charge in [0, 0.05) is 27.6 Å². The van der Waals surface area contributed by atoms with Crippen LogP contribution in [0.5, 0.6) is 0 Å². The van der Waals surface area contributed by atoms with E-state index in [2.05, 4.69) is 152 Å². The lowest BCUT2D eigenvalue weighted by Gasteiger charge is -2.20. The van der Waals surface area contributed by atoms with E-state index in [1.807, 2.05) is 0 Å². The predicted octanol–water partition coefficient (Wildman–Crippen LogP) is 9.28. The zero-order valence-electron chi connectivity index (χ0n) is 25.1. The topological polar surface area (TPSA) is 13.7 Å². The molecule has 6 aromatic rings. The van der Waals surface area contributed by atoms with Gasteiger partial charge >= 0.3 is 0 Å². The molecular formula is C39H36N3+. The molecule has 42 heavy (non-hydrogen) atoms. The molecule has 1 aliphatic carbocycles. The number of benzene rings is 4. The number of para-hydroxylation sites is 2. The predicted molar refractivity (Wildman–Crippen MR) is 175 cm³/mol.